The average molecular weight is 302 g/mol. The number of hydrogen-bond donors (Lipinski definition) is 1. The maximum Gasteiger partial charge on any atom is 0.143 e. The summed E-state index contributed by atoms with van der Waals surface area (Å²) in [6, 6.07) is 1.92. The van der Waals surface area contributed by atoms with Crippen molar-refractivity contribution >= 4 is 39.2 Å². The summed E-state index contributed by atoms with van der Waals surface area (Å²) in [5.41, 5.74) is 6.40. The van der Waals surface area contributed by atoms with E-state index in [0.717, 1.165) is 28.6 Å². The molecule has 1 aromatic heterocycles. The van der Waals surface area contributed by atoms with Gasteiger partial charge in [-0.1, -0.05) is 6.92 Å². The van der Waals surface area contributed by atoms with Crippen molar-refractivity contribution in [2.75, 3.05) is 29.5 Å². The Morgan fingerprint density at radius 3 is 3.19 bits per heavy atom. The van der Waals surface area contributed by atoms with Crippen LogP contribution < -0.4 is 10.6 Å². The van der Waals surface area contributed by atoms with Crippen molar-refractivity contribution in [3.8, 4) is 0 Å². The minimum Gasteiger partial charge on any atom is -0.397 e. The molecule has 1 aromatic rings. The van der Waals surface area contributed by atoms with Gasteiger partial charge in [-0.3, -0.25) is 0 Å². The van der Waals surface area contributed by atoms with Crippen molar-refractivity contribution in [1.82, 2.24) is 4.98 Å². The van der Waals surface area contributed by atoms with Crippen LogP contribution in [0.2, 0.25) is 0 Å². The van der Waals surface area contributed by atoms with E-state index in [1.54, 1.807) is 6.20 Å². The quantitative estimate of drug-likeness (QED) is 0.912. The van der Waals surface area contributed by atoms with Gasteiger partial charge in [0.15, 0.2) is 0 Å². The summed E-state index contributed by atoms with van der Waals surface area (Å²) in [4.78, 5) is 6.76. The molecule has 2 rings (SSSR count). The highest BCUT2D eigenvalue weighted by atomic mass is 79.9. The Hall–Kier alpha value is -0.420. The second-order valence-corrected chi connectivity index (χ2v) is 6.18. The van der Waals surface area contributed by atoms with Gasteiger partial charge in [0.1, 0.15) is 5.82 Å². The fourth-order valence-corrected chi connectivity index (χ4v) is 3.63. The summed E-state index contributed by atoms with van der Waals surface area (Å²) in [6.07, 6.45) is 2.94. The third-order valence-electron chi connectivity index (χ3n) is 2.74. The number of nitrogen functional groups attached to an aromatic ring is 1. The topological polar surface area (TPSA) is 42.2 Å². The lowest BCUT2D eigenvalue weighted by Crippen LogP contribution is -2.38. The molecule has 16 heavy (non-hydrogen) atoms. The molecule has 1 aliphatic rings. The Morgan fingerprint density at radius 1 is 1.69 bits per heavy atom. The largest absolute Gasteiger partial charge is 0.397 e. The summed E-state index contributed by atoms with van der Waals surface area (Å²) >= 11 is 5.59. The van der Waals surface area contributed by atoms with E-state index < -0.39 is 0 Å². The molecule has 2 heterocycles. The first-order chi connectivity index (χ1) is 7.70. The van der Waals surface area contributed by atoms with E-state index in [-0.39, 0.29) is 0 Å². The maximum absolute atomic E-state index is 5.70. The van der Waals surface area contributed by atoms with Crippen LogP contribution in [0.15, 0.2) is 16.7 Å². The van der Waals surface area contributed by atoms with Gasteiger partial charge in [-0.05, 0) is 28.4 Å². The number of halogens is 1. The van der Waals surface area contributed by atoms with Gasteiger partial charge in [-0.25, -0.2) is 4.98 Å². The molecule has 0 radical (unpaired) electrons. The number of nitrogens with zero attached hydrogens (tertiary/aromatic N) is 2. The van der Waals surface area contributed by atoms with Crippen molar-refractivity contribution in [2.45, 2.75) is 18.6 Å². The predicted molar refractivity (Wildman–Crippen MR) is 75.1 cm³/mol. The molecule has 1 saturated heterocycles. The van der Waals surface area contributed by atoms with E-state index in [1.165, 1.54) is 12.2 Å². The lowest BCUT2D eigenvalue weighted by Gasteiger charge is -2.33. The van der Waals surface area contributed by atoms with Crippen molar-refractivity contribution in [3.05, 3.63) is 16.7 Å². The van der Waals surface area contributed by atoms with Crippen LogP contribution in [0.4, 0.5) is 11.5 Å². The van der Waals surface area contributed by atoms with E-state index in [9.17, 15) is 0 Å². The van der Waals surface area contributed by atoms with Crippen LogP contribution in [0.1, 0.15) is 13.3 Å². The van der Waals surface area contributed by atoms with Crippen LogP contribution in [-0.2, 0) is 0 Å². The zero-order valence-corrected chi connectivity index (χ0v) is 11.7. The molecule has 0 aliphatic carbocycles. The normalized spacial score (nSPS) is 21.1. The lowest BCUT2D eigenvalue weighted by molar-refractivity contribution is 0.719. The summed E-state index contributed by atoms with van der Waals surface area (Å²) in [5.74, 6) is 2.20. The number of hydrogen-bond acceptors (Lipinski definition) is 4. The SMILES string of the molecule is CCC1CN(c2ncc(N)cc2Br)CCS1. The van der Waals surface area contributed by atoms with E-state index in [2.05, 4.69) is 44.5 Å². The molecule has 1 fully saturated rings. The van der Waals surface area contributed by atoms with Crippen molar-refractivity contribution in [3.63, 3.8) is 0 Å². The highest BCUT2D eigenvalue weighted by Crippen LogP contribution is 2.30. The molecule has 5 heteroatoms. The molecule has 0 saturated carbocycles. The second-order valence-electron chi connectivity index (χ2n) is 3.92. The minimum atomic E-state index is 0.703. The van der Waals surface area contributed by atoms with Gasteiger partial charge in [-0.2, -0.15) is 11.8 Å². The molecule has 88 valence electrons. The summed E-state index contributed by atoms with van der Waals surface area (Å²) < 4.78 is 0.995. The van der Waals surface area contributed by atoms with E-state index in [1.807, 2.05) is 6.07 Å². The zero-order chi connectivity index (χ0) is 11.5. The molecule has 2 N–H and O–H groups in total. The Labute approximate surface area is 109 Å². The average Bonchev–Trinajstić information content (AvgIpc) is 2.29. The number of rotatable bonds is 2. The van der Waals surface area contributed by atoms with Crippen molar-refractivity contribution < 1.29 is 0 Å². The Morgan fingerprint density at radius 2 is 2.50 bits per heavy atom. The molecule has 1 unspecified atom stereocenters. The molecule has 0 aromatic carbocycles. The number of thioether (sulfide) groups is 1. The van der Waals surface area contributed by atoms with Crippen molar-refractivity contribution in [2.24, 2.45) is 0 Å². The van der Waals surface area contributed by atoms with Crippen LogP contribution in [-0.4, -0.2) is 29.1 Å². The van der Waals surface area contributed by atoms with Gasteiger partial charge in [0.2, 0.25) is 0 Å². The van der Waals surface area contributed by atoms with Gasteiger partial charge in [0, 0.05) is 24.1 Å². The lowest BCUT2D eigenvalue weighted by atomic mass is 10.3. The highest BCUT2D eigenvalue weighted by Gasteiger charge is 2.21. The van der Waals surface area contributed by atoms with Crippen LogP contribution >= 0.6 is 27.7 Å². The van der Waals surface area contributed by atoms with E-state index in [4.69, 9.17) is 5.73 Å². The fraction of sp³-hybridized carbons (Fsp3) is 0.545. The van der Waals surface area contributed by atoms with Gasteiger partial charge in [0.25, 0.3) is 0 Å². The highest BCUT2D eigenvalue weighted by molar-refractivity contribution is 9.10. The number of anilines is 2. The first kappa shape index (κ1) is 12.0. The number of aromatic nitrogens is 1. The molecular formula is C11H16BrN3S. The van der Waals surface area contributed by atoms with Gasteiger partial charge < -0.3 is 10.6 Å². The Balaban J connectivity index is 2.16. The second kappa shape index (κ2) is 5.27. The standard InChI is InChI=1S/C11H16BrN3S/c1-2-9-7-15(3-4-16-9)11-10(12)5-8(13)6-14-11/h5-6,9H,2-4,7,13H2,1H3. The predicted octanol–water partition coefficient (Wildman–Crippen LogP) is 2.76. The van der Waals surface area contributed by atoms with Gasteiger partial charge in [0.05, 0.1) is 16.4 Å². The Kier molecular flexibility index (Phi) is 3.97. The molecular weight excluding hydrogens is 286 g/mol. The first-order valence-electron chi connectivity index (χ1n) is 5.48. The summed E-state index contributed by atoms with van der Waals surface area (Å²) in [6.45, 7) is 4.39. The van der Waals surface area contributed by atoms with Crippen LogP contribution in [0, 0.1) is 0 Å². The van der Waals surface area contributed by atoms with Crippen molar-refractivity contribution in [1.29, 1.82) is 0 Å². The van der Waals surface area contributed by atoms with E-state index in [0.29, 0.717) is 5.69 Å². The van der Waals surface area contributed by atoms with Crippen LogP contribution in [0.5, 0.6) is 0 Å². The van der Waals surface area contributed by atoms with E-state index >= 15 is 0 Å². The molecule has 0 bridgehead atoms. The molecule has 0 spiro atoms. The smallest absolute Gasteiger partial charge is 0.143 e. The molecule has 3 nitrogen and oxygen atoms in total. The fourth-order valence-electron chi connectivity index (χ4n) is 1.84. The summed E-state index contributed by atoms with van der Waals surface area (Å²) in [5, 5.41) is 0.722. The number of nitrogens with two attached hydrogens (primary N) is 1. The third kappa shape index (κ3) is 2.63. The monoisotopic (exact) mass is 301 g/mol. The van der Waals surface area contributed by atoms with Crippen LogP contribution in [0.3, 0.4) is 0 Å². The number of pyridine rings is 1. The minimum absolute atomic E-state index is 0.703. The first-order valence-corrected chi connectivity index (χ1v) is 7.32. The molecule has 1 atom stereocenters. The zero-order valence-electron chi connectivity index (χ0n) is 9.32. The van der Waals surface area contributed by atoms with Gasteiger partial charge >= 0.3 is 0 Å². The molecule has 1 aliphatic heterocycles. The van der Waals surface area contributed by atoms with Crippen LogP contribution in [0.25, 0.3) is 0 Å². The molecule has 0 amide bonds. The maximum atomic E-state index is 5.70. The summed E-state index contributed by atoms with van der Waals surface area (Å²) in [7, 11) is 0. The van der Waals surface area contributed by atoms with Gasteiger partial charge in [-0.15, -0.1) is 0 Å². The Bertz CT molecular complexity index is 372. The third-order valence-corrected chi connectivity index (χ3v) is 4.69.